The highest BCUT2D eigenvalue weighted by atomic mass is 79.9. The van der Waals surface area contributed by atoms with Gasteiger partial charge in [0.25, 0.3) is 0 Å². The van der Waals surface area contributed by atoms with E-state index in [-0.39, 0.29) is 23.5 Å². The van der Waals surface area contributed by atoms with Crippen molar-refractivity contribution >= 4 is 21.6 Å². The molecule has 0 spiro atoms. The molecule has 146 valence electrons. The number of nitrogen functional groups attached to an aromatic ring is 1. The Morgan fingerprint density at radius 3 is 1.89 bits per heavy atom. The van der Waals surface area contributed by atoms with Gasteiger partial charge in [-0.25, -0.2) is 0 Å². The predicted octanol–water partition coefficient (Wildman–Crippen LogP) is 7.96. The van der Waals surface area contributed by atoms with Crippen LogP contribution in [0.4, 0.5) is 5.69 Å². The van der Waals surface area contributed by atoms with Gasteiger partial charge in [-0.3, -0.25) is 0 Å². The second-order valence-corrected chi connectivity index (χ2v) is 10.1. The van der Waals surface area contributed by atoms with Gasteiger partial charge >= 0.3 is 0 Å². The van der Waals surface area contributed by atoms with Crippen LogP contribution in [0.3, 0.4) is 0 Å². The number of rotatable bonds is 2. The van der Waals surface area contributed by atoms with Crippen molar-refractivity contribution in [1.82, 2.24) is 0 Å². The average molecular weight is 439 g/mol. The van der Waals surface area contributed by atoms with Gasteiger partial charge in [-0.1, -0.05) is 84.0 Å². The van der Waals surface area contributed by atoms with Crippen LogP contribution >= 0.6 is 15.9 Å². The molecule has 0 aromatic heterocycles. The van der Waals surface area contributed by atoms with Gasteiger partial charge < -0.3 is 5.73 Å². The van der Waals surface area contributed by atoms with Gasteiger partial charge in [0.1, 0.15) is 0 Å². The van der Waals surface area contributed by atoms with Crippen LogP contribution in [0.1, 0.15) is 56.8 Å². The summed E-state index contributed by atoms with van der Waals surface area (Å²) in [4.78, 5) is 0. The molecule has 0 aliphatic rings. The zero-order chi connectivity index (χ0) is 23.3. The van der Waals surface area contributed by atoms with Crippen LogP contribution in [0.15, 0.2) is 65.1 Å². The zero-order valence-corrected chi connectivity index (χ0v) is 19.1. The third-order valence-electron chi connectivity index (χ3n) is 4.83. The van der Waals surface area contributed by atoms with E-state index in [0.29, 0.717) is 27.9 Å². The summed E-state index contributed by atoms with van der Waals surface area (Å²) in [5.41, 5.74) is 10.6. The highest BCUT2D eigenvalue weighted by Crippen LogP contribution is 2.40. The van der Waals surface area contributed by atoms with E-state index < -0.39 is 5.41 Å². The predicted molar refractivity (Wildman–Crippen MR) is 127 cm³/mol. The normalized spacial score (nSPS) is 13.8. The van der Waals surface area contributed by atoms with Crippen molar-refractivity contribution in [2.45, 2.75) is 52.4 Å². The second-order valence-electron chi connectivity index (χ2n) is 9.29. The van der Waals surface area contributed by atoms with Crippen LogP contribution in [0.5, 0.6) is 0 Å². The van der Waals surface area contributed by atoms with Crippen LogP contribution in [0.25, 0.3) is 22.3 Å². The summed E-state index contributed by atoms with van der Waals surface area (Å²) in [6.07, 6.45) is 0. The quantitative estimate of drug-likeness (QED) is 0.403. The van der Waals surface area contributed by atoms with Gasteiger partial charge in [0.15, 0.2) is 0 Å². The summed E-state index contributed by atoms with van der Waals surface area (Å²) in [6, 6.07) is 14.2. The van der Waals surface area contributed by atoms with E-state index in [9.17, 15) is 0 Å². The fourth-order valence-electron chi connectivity index (χ4n) is 2.99. The standard InChI is InChI=1S/C26H30BrN/c1-25(2,3)20-13-18(17-10-8-7-9-11-17)12-19(14-20)22-15-21(26(4,5)6)16-23(27)24(22)28/h7-16H,28H2,1-6H3/i12D,13D,14D. The highest BCUT2D eigenvalue weighted by molar-refractivity contribution is 9.10. The van der Waals surface area contributed by atoms with E-state index >= 15 is 0 Å². The number of hydrogen-bond donors (Lipinski definition) is 1. The van der Waals surface area contributed by atoms with Gasteiger partial charge in [0.2, 0.25) is 0 Å². The summed E-state index contributed by atoms with van der Waals surface area (Å²) < 4.78 is 27.8. The van der Waals surface area contributed by atoms with Gasteiger partial charge in [-0.2, -0.15) is 0 Å². The van der Waals surface area contributed by atoms with Crippen molar-refractivity contribution in [2.75, 3.05) is 5.73 Å². The third-order valence-corrected chi connectivity index (χ3v) is 5.48. The summed E-state index contributed by atoms with van der Waals surface area (Å²) in [5, 5.41) is 0. The van der Waals surface area contributed by atoms with Gasteiger partial charge in [0, 0.05) is 10.0 Å². The molecule has 0 amide bonds. The Labute approximate surface area is 182 Å². The molecule has 3 aromatic carbocycles. The number of halogens is 1. The topological polar surface area (TPSA) is 26.0 Å². The Bertz CT molecular complexity index is 1140. The molecule has 28 heavy (non-hydrogen) atoms. The summed E-state index contributed by atoms with van der Waals surface area (Å²) in [6.45, 7) is 12.4. The van der Waals surface area contributed by atoms with Crippen molar-refractivity contribution in [2.24, 2.45) is 0 Å². The lowest BCUT2D eigenvalue weighted by Gasteiger charge is -2.24. The first kappa shape index (κ1) is 16.9. The number of nitrogens with two attached hydrogens (primary N) is 1. The third kappa shape index (κ3) is 4.33. The van der Waals surface area contributed by atoms with Gasteiger partial charge in [0.05, 0.1) is 9.80 Å². The lowest BCUT2D eigenvalue weighted by molar-refractivity contribution is 0.589. The number of anilines is 1. The van der Waals surface area contributed by atoms with Crippen molar-refractivity contribution in [3.05, 3.63) is 76.2 Å². The molecule has 0 heterocycles. The molecular weight excluding hydrogens is 406 g/mol. The molecule has 2 N–H and O–H groups in total. The van der Waals surface area contributed by atoms with Crippen molar-refractivity contribution < 1.29 is 4.11 Å². The minimum absolute atomic E-state index is 0.125. The Balaban J connectivity index is 2.52. The molecule has 0 fully saturated rings. The van der Waals surface area contributed by atoms with E-state index in [1.165, 1.54) is 0 Å². The molecule has 0 saturated carbocycles. The van der Waals surface area contributed by atoms with Crippen LogP contribution in [-0.4, -0.2) is 0 Å². The Morgan fingerprint density at radius 1 is 0.750 bits per heavy atom. The molecule has 0 radical (unpaired) electrons. The van der Waals surface area contributed by atoms with Gasteiger partial charge in [-0.15, -0.1) is 0 Å². The highest BCUT2D eigenvalue weighted by Gasteiger charge is 2.20. The monoisotopic (exact) mass is 438 g/mol. The molecule has 0 aliphatic heterocycles. The number of hydrogen-bond acceptors (Lipinski definition) is 1. The maximum atomic E-state index is 9.09. The molecule has 0 atom stereocenters. The number of benzene rings is 3. The molecule has 0 bridgehead atoms. The van der Waals surface area contributed by atoms with E-state index in [4.69, 9.17) is 9.85 Å². The Morgan fingerprint density at radius 2 is 1.32 bits per heavy atom. The molecule has 1 nitrogen and oxygen atoms in total. The van der Waals surface area contributed by atoms with E-state index in [1.54, 1.807) is 0 Å². The van der Waals surface area contributed by atoms with Crippen molar-refractivity contribution in [3.63, 3.8) is 0 Å². The molecule has 3 rings (SSSR count). The maximum absolute atomic E-state index is 9.09. The lowest BCUT2D eigenvalue weighted by Crippen LogP contribution is -2.13. The molecule has 0 saturated heterocycles. The van der Waals surface area contributed by atoms with E-state index in [0.717, 1.165) is 15.6 Å². The minimum Gasteiger partial charge on any atom is -0.397 e. The SMILES string of the molecule is [2H]c1c(-c2ccccc2)c([2H])c(C(C)(C)C)c([2H])c1-c1cc(C(C)(C)C)cc(Br)c1N. The maximum Gasteiger partial charge on any atom is 0.0636 e. The summed E-state index contributed by atoms with van der Waals surface area (Å²) >= 11 is 3.59. The first-order valence-corrected chi connectivity index (χ1v) is 10.3. The first-order valence-electron chi connectivity index (χ1n) is 11.0. The largest absolute Gasteiger partial charge is 0.397 e. The van der Waals surface area contributed by atoms with Crippen molar-refractivity contribution in [1.29, 1.82) is 0 Å². The average Bonchev–Trinajstić information content (AvgIpc) is 2.63. The fourth-order valence-corrected chi connectivity index (χ4v) is 3.45. The molecular formula is C26H30BrN. The second kappa shape index (κ2) is 7.40. The van der Waals surface area contributed by atoms with E-state index in [1.807, 2.05) is 63.2 Å². The zero-order valence-electron chi connectivity index (χ0n) is 20.5. The Hall–Kier alpha value is -2.06. The van der Waals surface area contributed by atoms with Crippen LogP contribution in [-0.2, 0) is 10.8 Å². The van der Waals surface area contributed by atoms with Crippen LogP contribution in [0, 0.1) is 0 Å². The molecule has 3 aromatic rings. The summed E-state index contributed by atoms with van der Waals surface area (Å²) in [7, 11) is 0. The van der Waals surface area contributed by atoms with Crippen LogP contribution < -0.4 is 5.73 Å². The lowest BCUT2D eigenvalue weighted by atomic mass is 9.81. The van der Waals surface area contributed by atoms with Crippen LogP contribution in [0.2, 0.25) is 0 Å². The minimum atomic E-state index is -0.437. The van der Waals surface area contributed by atoms with Crippen molar-refractivity contribution in [3.8, 4) is 22.3 Å². The van der Waals surface area contributed by atoms with E-state index in [2.05, 4.69) is 36.7 Å². The molecule has 0 aliphatic carbocycles. The molecule has 2 heteroatoms. The smallest absolute Gasteiger partial charge is 0.0636 e. The Kier molecular flexibility index (Phi) is 4.46. The fraction of sp³-hybridized carbons (Fsp3) is 0.308. The van der Waals surface area contributed by atoms with Gasteiger partial charge in [-0.05, 0) is 72.8 Å². The first-order chi connectivity index (χ1) is 14.2. The summed E-state index contributed by atoms with van der Waals surface area (Å²) in [5.74, 6) is 0. The molecule has 0 unspecified atom stereocenters.